The smallest absolute Gasteiger partial charge is 0.0644 e. The first-order valence-electron chi connectivity index (χ1n) is 6.97. The molecule has 19 heavy (non-hydrogen) atoms. The van der Waals surface area contributed by atoms with Gasteiger partial charge in [-0.15, -0.1) is 0 Å². The van der Waals surface area contributed by atoms with Gasteiger partial charge in [-0.25, -0.2) is 0 Å². The van der Waals surface area contributed by atoms with E-state index in [4.69, 9.17) is 0 Å². The maximum atomic E-state index is 3.87. The molecule has 1 aliphatic carbocycles. The van der Waals surface area contributed by atoms with Crippen LogP contribution in [-0.4, -0.2) is 0 Å². The average Bonchev–Trinajstić information content (AvgIpc) is 2.83. The average molecular weight is 315 g/mol. The van der Waals surface area contributed by atoms with Crippen LogP contribution in [0.2, 0.25) is 0 Å². The number of hydrogen-bond donors (Lipinski definition) is 0. The Bertz CT molecular complexity index is 593. The van der Waals surface area contributed by atoms with E-state index >= 15 is 0 Å². The van der Waals surface area contributed by atoms with E-state index in [1.54, 1.807) is 11.1 Å². The van der Waals surface area contributed by atoms with Crippen LogP contribution in [0.5, 0.6) is 0 Å². The highest BCUT2D eigenvalue weighted by Crippen LogP contribution is 2.34. The van der Waals surface area contributed by atoms with Gasteiger partial charge in [-0.05, 0) is 55.4 Å². The van der Waals surface area contributed by atoms with Gasteiger partial charge in [0.15, 0.2) is 0 Å². The fourth-order valence-corrected chi connectivity index (χ4v) is 3.65. The Kier molecular flexibility index (Phi) is 3.49. The zero-order chi connectivity index (χ0) is 13.4. The predicted octanol–water partition coefficient (Wildman–Crippen LogP) is 5.28. The van der Waals surface area contributed by atoms with E-state index in [0.29, 0.717) is 4.83 Å². The molecule has 3 rings (SSSR count). The van der Waals surface area contributed by atoms with Crippen LogP contribution in [-0.2, 0) is 12.8 Å². The van der Waals surface area contributed by atoms with Crippen molar-refractivity contribution in [2.45, 2.75) is 37.9 Å². The van der Waals surface area contributed by atoms with Crippen molar-refractivity contribution in [2.75, 3.05) is 0 Å². The first-order chi connectivity index (χ1) is 9.13. The van der Waals surface area contributed by atoms with E-state index in [2.05, 4.69) is 66.2 Å². The van der Waals surface area contributed by atoms with E-state index in [9.17, 15) is 0 Å². The summed E-state index contributed by atoms with van der Waals surface area (Å²) in [7, 11) is 0. The summed E-state index contributed by atoms with van der Waals surface area (Å²) in [6.07, 6.45) is 3.82. The fraction of sp³-hybridized carbons (Fsp3) is 0.333. The second-order valence-electron chi connectivity index (χ2n) is 5.67. The molecule has 0 aliphatic heterocycles. The molecule has 0 spiro atoms. The zero-order valence-corrected chi connectivity index (χ0v) is 13.1. The summed E-state index contributed by atoms with van der Waals surface area (Å²) < 4.78 is 0. The molecule has 0 aromatic heterocycles. The van der Waals surface area contributed by atoms with Gasteiger partial charge >= 0.3 is 0 Å². The van der Waals surface area contributed by atoms with Crippen molar-refractivity contribution >= 4 is 15.9 Å². The minimum absolute atomic E-state index is 0.303. The molecule has 1 atom stereocenters. The molecule has 0 saturated carbocycles. The van der Waals surface area contributed by atoms with E-state index in [1.165, 1.54) is 41.5 Å². The molecule has 1 unspecified atom stereocenters. The Morgan fingerprint density at radius 2 is 1.53 bits per heavy atom. The number of halogens is 1. The quantitative estimate of drug-likeness (QED) is 0.662. The number of hydrogen-bond acceptors (Lipinski definition) is 0. The highest BCUT2D eigenvalue weighted by Gasteiger charge is 2.15. The summed E-state index contributed by atoms with van der Waals surface area (Å²) in [5, 5.41) is 0. The lowest BCUT2D eigenvalue weighted by Gasteiger charge is -2.14. The second-order valence-corrected chi connectivity index (χ2v) is 6.58. The van der Waals surface area contributed by atoms with Crippen molar-refractivity contribution in [1.82, 2.24) is 0 Å². The predicted molar refractivity (Wildman–Crippen MR) is 85.2 cm³/mol. The lowest BCUT2D eigenvalue weighted by molar-refractivity contribution is 0.911. The molecule has 0 bridgehead atoms. The number of alkyl halides is 1. The van der Waals surface area contributed by atoms with Crippen molar-refractivity contribution in [3.8, 4) is 0 Å². The molecule has 0 heterocycles. The molecule has 98 valence electrons. The van der Waals surface area contributed by atoms with E-state index < -0.39 is 0 Å². The Morgan fingerprint density at radius 1 is 0.842 bits per heavy atom. The minimum atomic E-state index is 0.303. The first-order valence-corrected chi connectivity index (χ1v) is 7.89. The van der Waals surface area contributed by atoms with Crippen molar-refractivity contribution in [3.05, 3.63) is 69.8 Å². The van der Waals surface area contributed by atoms with Crippen LogP contribution in [0, 0.1) is 13.8 Å². The number of fused-ring (bicyclic) bond motifs is 1. The summed E-state index contributed by atoms with van der Waals surface area (Å²) in [5.74, 6) is 0. The molecule has 0 N–H and O–H groups in total. The third kappa shape index (κ3) is 2.62. The van der Waals surface area contributed by atoms with Crippen molar-refractivity contribution in [2.24, 2.45) is 0 Å². The molecule has 1 aliphatic rings. The Hall–Kier alpha value is -1.08. The van der Waals surface area contributed by atoms with Gasteiger partial charge < -0.3 is 0 Å². The molecule has 2 aromatic carbocycles. The second kappa shape index (κ2) is 5.13. The molecule has 1 heteroatoms. The van der Waals surface area contributed by atoms with Crippen LogP contribution in [0.15, 0.2) is 36.4 Å². The maximum absolute atomic E-state index is 3.87. The Morgan fingerprint density at radius 3 is 2.26 bits per heavy atom. The van der Waals surface area contributed by atoms with Gasteiger partial charge in [0.1, 0.15) is 0 Å². The topological polar surface area (TPSA) is 0 Å². The normalized spacial score (nSPS) is 15.3. The maximum Gasteiger partial charge on any atom is 0.0644 e. The molecule has 0 fully saturated rings. The third-order valence-corrected chi connectivity index (χ3v) is 5.01. The van der Waals surface area contributed by atoms with Crippen LogP contribution in [0.4, 0.5) is 0 Å². The molecule has 0 saturated heterocycles. The summed E-state index contributed by atoms with van der Waals surface area (Å²) in [5.41, 5.74) is 8.50. The molecule has 2 aromatic rings. The van der Waals surface area contributed by atoms with Gasteiger partial charge in [0, 0.05) is 0 Å². The van der Waals surface area contributed by atoms with Gasteiger partial charge in [-0.1, -0.05) is 63.5 Å². The summed E-state index contributed by atoms with van der Waals surface area (Å²) >= 11 is 3.87. The molecular formula is C18H19Br. The number of benzene rings is 2. The van der Waals surface area contributed by atoms with Crippen LogP contribution >= 0.6 is 15.9 Å². The molecule has 0 nitrogen and oxygen atoms in total. The monoisotopic (exact) mass is 314 g/mol. The van der Waals surface area contributed by atoms with Crippen LogP contribution in [0.25, 0.3) is 0 Å². The van der Waals surface area contributed by atoms with Gasteiger partial charge in [-0.3, -0.25) is 0 Å². The Balaban J connectivity index is 1.97. The number of rotatable bonds is 2. The zero-order valence-electron chi connectivity index (χ0n) is 11.5. The molecule has 0 amide bonds. The third-order valence-electron chi connectivity index (χ3n) is 3.95. The largest absolute Gasteiger partial charge is 0.0786 e. The van der Waals surface area contributed by atoms with Gasteiger partial charge in [0.05, 0.1) is 4.83 Å². The lowest BCUT2D eigenvalue weighted by atomic mass is 9.98. The highest BCUT2D eigenvalue weighted by molar-refractivity contribution is 9.09. The first kappa shape index (κ1) is 12.9. The van der Waals surface area contributed by atoms with Crippen molar-refractivity contribution in [1.29, 1.82) is 0 Å². The van der Waals surface area contributed by atoms with Crippen molar-refractivity contribution in [3.63, 3.8) is 0 Å². The summed E-state index contributed by atoms with van der Waals surface area (Å²) in [4.78, 5) is 0.303. The number of aryl methyl sites for hydroxylation is 4. The Labute approximate surface area is 124 Å². The molecular weight excluding hydrogens is 296 g/mol. The highest BCUT2D eigenvalue weighted by atomic mass is 79.9. The SMILES string of the molecule is Cc1cc(C)cc(C(Br)c2ccc3c(c2)CCC3)c1. The fourth-order valence-electron chi connectivity index (χ4n) is 3.10. The summed E-state index contributed by atoms with van der Waals surface area (Å²) in [6.45, 7) is 4.33. The lowest BCUT2D eigenvalue weighted by Crippen LogP contribution is -1.96. The van der Waals surface area contributed by atoms with Gasteiger partial charge in [-0.2, -0.15) is 0 Å². The minimum Gasteiger partial charge on any atom is -0.0786 e. The van der Waals surface area contributed by atoms with Gasteiger partial charge in [0.2, 0.25) is 0 Å². The summed E-state index contributed by atoms with van der Waals surface area (Å²) in [6, 6.07) is 13.8. The van der Waals surface area contributed by atoms with Crippen LogP contribution in [0.3, 0.4) is 0 Å². The van der Waals surface area contributed by atoms with E-state index in [1.807, 2.05) is 0 Å². The van der Waals surface area contributed by atoms with Crippen LogP contribution in [0.1, 0.15) is 44.6 Å². The van der Waals surface area contributed by atoms with Crippen molar-refractivity contribution < 1.29 is 0 Å². The van der Waals surface area contributed by atoms with E-state index in [0.717, 1.165) is 0 Å². The molecule has 0 radical (unpaired) electrons. The van der Waals surface area contributed by atoms with E-state index in [-0.39, 0.29) is 0 Å². The standard InChI is InChI=1S/C18H19Br/c1-12-8-13(2)10-17(9-12)18(19)16-7-6-14-4-3-5-15(14)11-16/h6-11,18H,3-5H2,1-2H3. The van der Waals surface area contributed by atoms with Crippen LogP contribution < -0.4 is 0 Å². The van der Waals surface area contributed by atoms with Gasteiger partial charge in [0.25, 0.3) is 0 Å².